The van der Waals surface area contributed by atoms with E-state index in [1.807, 2.05) is 32.0 Å². The van der Waals surface area contributed by atoms with E-state index in [0.717, 1.165) is 36.8 Å². The highest BCUT2D eigenvalue weighted by Gasteiger charge is 2.24. The molecule has 1 N–H and O–H groups in total. The Morgan fingerprint density at radius 1 is 1.33 bits per heavy atom. The molecule has 1 aliphatic rings. The molecule has 2 heterocycles. The van der Waals surface area contributed by atoms with Gasteiger partial charge in [0, 0.05) is 24.8 Å². The van der Waals surface area contributed by atoms with Crippen LogP contribution in [0.2, 0.25) is 0 Å². The number of benzene rings is 1. The molecule has 2 aromatic rings. The van der Waals surface area contributed by atoms with Crippen LogP contribution in [0.5, 0.6) is 0 Å². The molecular formula is C18H23N3O2S. The first-order valence-electron chi connectivity index (χ1n) is 8.38. The summed E-state index contributed by atoms with van der Waals surface area (Å²) in [5.74, 6) is -0.264. The van der Waals surface area contributed by atoms with Crippen LogP contribution in [-0.2, 0) is 4.74 Å². The number of carbonyl (C=O) groups excluding carboxylic acids is 1. The smallest absolute Gasteiger partial charge is 0.350 e. The van der Waals surface area contributed by atoms with Crippen LogP contribution in [0.4, 0.5) is 10.8 Å². The second-order valence-electron chi connectivity index (χ2n) is 5.90. The average Bonchev–Trinajstić information content (AvgIpc) is 2.99. The lowest BCUT2D eigenvalue weighted by Gasteiger charge is -2.32. The molecule has 0 amide bonds. The number of hydrogen-bond acceptors (Lipinski definition) is 6. The maximum Gasteiger partial charge on any atom is 0.350 e. The number of carbonyl (C=O) groups is 1. The van der Waals surface area contributed by atoms with Crippen molar-refractivity contribution in [1.29, 1.82) is 0 Å². The molecular weight excluding hydrogens is 322 g/mol. The average molecular weight is 345 g/mol. The second kappa shape index (κ2) is 7.66. The molecule has 1 aromatic carbocycles. The highest BCUT2D eigenvalue weighted by atomic mass is 32.1. The third-order valence-corrected chi connectivity index (χ3v) is 5.35. The van der Waals surface area contributed by atoms with Crippen molar-refractivity contribution in [2.75, 3.05) is 29.9 Å². The quantitative estimate of drug-likeness (QED) is 0.837. The van der Waals surface area contributed by atoms with Gasteiger partial charge >= 0.3 is 5.97 Å². The summed E-state index contributed by atoms with van der Waals surface area (Å²) in [6.45, 7) is 5.97. The minimum Gasteiger partial charge on any atom is -0.462 e. The van der Waals surface area contributed by atoms with Gasteiger partial charge in [0.25, 0.3) is 0 Å². The van der Waals surface area contributed by atoms with E-state index in [4.69, 9.17) is 4.74 Å². The van der Waals surface area contributed by atoms with Crippen molar-refractivity contribution in [3.8, 4) is 0 Å². The largest absolute Gasteiger partial charge is 0.462 e. The number of hydrogen-bond donors (Lipinski definition) is 1. The molecule has 0 spiro atoms. The van der Waals surface area contributed by atoms with Crippen molar-refractivity contribution in [3.63, 3.8) is 0 Å². The highest BCUT2D eigenvalue weighted by Crippen LogP contribution is 2.29. The Labute approximate surface area is 146 Å². The first kappa shape index (κ1) is 16.8. The summed E-state index contributed by atoms with van der Waals surface area (Å²) in [6, 6.07) is 10.8. The molecule has 1 aliphatic heterocycles. The molecule has 1 saturated heterocycles. The lowest BCUT2D eigenvalue weighted by Crippen LogP contribution is -2.39. The molecule has 5 nitrogen and oxygen atoms in total. The Morgan fingerprint density at radius 3 is 2.71 bits per heavy atom. The number of rotatable bonds is 5. The van der Waals surface area contributed by atoms with E-state index in [2.05, 4.69) is 27.3 Å². The standard InChI is InChI=1S/C18H23N3O2S/c1-3-23-17(22)16-13(2)19-18(24-16)21-11-9-15(10-12-21)20-14-7-5-4-6-8-14/h4-8,15,20H,3,9-12H2,1-2H3. The van der Waals surface area contributed by atoms with Crippen molar-refractivity contribution >= 4 is 28.1 Å². The van der Waals surface area contributed by atoms with Gasteiger partial charge in [-0.15, -0.1) is 0 Å². The summed E-state index contributed by atoms with van der Waals surface area (Å²) >= 11 is 1.44. The summed E-state index contributed by atoms with van der Waals surface area (Å²) < 4.78 is 5.10. The first-order valence-corrected chi connectivity index (χ1v) is 9.20. The van der Waals surface area contributed by atoms with Crippen LogP contribution in [-0.4, -0.2) is 36.7 Å². The number of nitrogens with one attached hydrogen (secondary N) is 1. The normalized spacial score (nSPS) is 15.3. The van der Waals surface area contributed by atoms with Gasteiger partial charge in [0.15, 0.2) is 5.13 Å². The minimum absolute atomic E-state index is 0.264. The monoisotopic (exact) mass is 345 g/mol. The van der Waals surface area contributed by atoms with Crippen LogP contribution in [0.15, 0.2) is 30.3 Å². The van der Waals surface area contributed by atoms with Gasteiger partial charge < -0.3 is 15.0 Å². The third-order valence-electron chi connectivity index (χ3n) is 4.16. The maximum absolute atomic E-state index is 11.9. The van der Waals surface area contributed by atoms with Crippen LogP contribution >= 0.6 is 11.3 Å². The van der Waals surface area contributed by atoms with E-state index in [-0.39, 0.29) is 5.97 Å². The van der Waals surface area contributed by atoms with Gasteiger partial charge in [-0.1, -0.05) is 29.5 Å². The molecule has 0 saturated carbocycles. The van der Waals surface area contributed by atoms with Gasteiger partial charge in [0.1, 0.15) is 4.88 Å². The highest BCUT2D eigenvalue weighted by molar-refractivity contribution is 7.17. The van der Waals surface area contributed by atoms with E-state index < -0.39 is 0 Å². The Morgan fingerprint density at radius 2 is 2.04 bits per heavy atom. The molecule has 0 aliphatic carbocycles. The summed E-state index contributed by atoms with van der Waals surface area (Å²) in [7, 11) is 0. The number of ether oxygens (including phenoxy) is 1. The number of aryl methyl sites for hydroxylation is 1. The fraction of sp³-hybridized carbons (Fsp3) is 0.444. The third kappa shape index (κ3) is 3.87. The molecule has 0 atom stereocenters. The fourth-order valence-corrected chi connectivity index (χ4v) is 3.90. The van der Waals surface area contributed by atoms with Gasteiger partial charge in [0.05, 0.1) is 12.3 Å². The van der Waals surface area contributed by atoms with Crippen molar-refractivity contribution in [1.82, 2.24) is 4.98 Å². The van der Waals surface area contributed by atoms with Gasteiger partial charge in [-0.25, -0.2) is 9.78 Å². The zero-order valence-corrected chi connectivity index (χ0v) is 14.9. The first-order chi connectivity index (χ1) is 11.7. The van der Waals surface area contributed by atoms with Gasteiger partial charge in [-0.05, 0) is 38.8 Å². The van der Waals surface area contributed by atoms with E-state index >= 15 is 0 Å². The number of anilines is 2. The SMILES string of the molecule is CCOC(=O)c1sc(N2CCC(Nc3ccccc3)CC2)nc1C. The molecule has 24 heavy (non-hydrogen) atoms. The Hall–Kier alpha value is -2.08. The van der Waals surface area contributed by atoms with Gasteiger partial charge in [-0.3, -0.25) is 0 Å². The summed E-state index contributed by atoms with van der Waals surface area (Å²) in [5, 5.41) is 4.51. The second-order valence-corrected chi connectivity index (χ2v) is 6.88. The van der Waals surface area contributed by atoms with E-state index in [0.29, 0.717) is 17.5 Å². The predicted molar refractivity (Wildman–Crippen MR) is 98.1 cm³/mol. The lowest BCUT2D eigenvalue weighted by molar-refractivity contribution is 0.0531. The van der Waals surface area contributed by atoms with Crippen LogP contribution < -0.4 is 10.2 Å². The van der Waals surface area contributed by atoms with Crippen LogP contribution in [0.25, 0.3) is 0 Å². The zero-order chi connectivity index (χ0) is 16.9. The number of aromatic nitrogens is 1. The van der Waals surface area contributed by atoms with E-state index in [1.165, 1.54) is 17.0 Å². The van der Waals surface area contributed by atoms with Crippen molar-refractivity contribution in [2.45, 2.75) is 32.7 Å². The summed E-state index contributed by atoms with van der Waals surface area (Å²) in [6.07, 6.45) is 2.12. The summed E-state index contributed by atoms with van der Waals surface area (Å²) in [4.78, 5) is 19.4. The fourth-order valence-electron chi connectivity index (χ4n) is 2.89. The predicted octanol–water partition coefficient (Wildman–Crippen LogP) is 3.71. The van der Waals surface area contributed by atoms with Gasteiger partial charge in [-0.2, -0.15) is 0 Å². The molecule has 3 rings (SSSR count). The Kier molecular flexibility index (Phi) is 5.35. The van der Waals surface area contributed by atoms with Crippen LogP contribution in [0.3, 0.4) is 0 Å². The Balaban J connectivity index is 1.59. The van der Waals surface area contributed by atoms with Gasteiger partial charge in [0.2, 0.25) is 0 Å². The molecule has 1 aromatic heterocycles. The molecule has 0 bridgehead atoms. The van der Waals surface area contributed by atoms with E-state index in [9.17, 15) is 4.79 Å². The number of nitrogens with zero attached hydrogens (tertiary/aromatic N) is 2. The topological polar surface area (TPSA) is 54.5 Å². The minimum atomic E-state index is -0.264. The van der Waals surface area contributed by atoms with Crippen molar-refractivity contribution in [2.24, 2.45) is 0 Å². The van der Waals surface area contributed by atoms with Crippen LogP contribution in [0.1, 0.15) is 35.1 Å². The molecule has 0 unspecified atom stereocenters. The summed E-state index contributed by atoms with van der Waals surface area (Å²) in [5.41, 5.74) is 1.93. The van der Waals surface area contributed by atoms with E-state index in [1.54, 1.807) is 0 Å². The molecule has 128 valence electrons. The number of esters is 1. The Bertz CT molecular complexity index is 679. The maximum atomic E-state index is 11.9. The van der Waals surface area contributed by atoms with Crippen molar-refractivity contribution < 1.29 is 9.53 Å². The molecule has 1 fully saturated rings. The molecule has 0 radical (unpaired) electrons. The molecule has 6 heteroatoms. The number of thiazole rings is 1. The number of para-hydroxylation sites is 1. The number of piperidine rings is 1. The van der Waals surface area contributed by atoms with Crippen molar-refractivity contribution in [3.05, 3.63) is 40.9 Å². The zero-order valence-electron chi connectivity index (χ0n) is 14.1. The lowest BCUT2D eigenvalue weighted by atomic mass is 10.1. The van der Waals surface area contributed by atoms with Crippen LogP contribution in [0, 0.1) is 6.92 Å².